The van der Waals surface area contributed by atoms with E-state index in [2.05, 4.69) is 4.98 Å². The fourth-order valence-corrected chi connectivity index (χ4v) is 3.12. The highest BCUT2D eigenvalue weighted by Gasteiger charge is 2.20. The lowest BCUT2D eigenvalue weighted by molar-refractivity contribution is 0.0989. The molecule has 0 N–H and O–H groups in total. The van der Waals surface area contributed by atoms with Gasteiger partial charge < -0.3 is 9.64 Å². The van der Waals surface area contributed by atoms with Crippen molar-refractivity contribution in [2.75, 3.05) is 12.0 Å². The highest BCUT2D eigenvalue weighted by molar-refractivity contribution is 7.13. The lowest BCUT2D eigenvalue weighted by Crippen LogP contribution is -2.29. The molecule has 122 valence electrons. The Labute approximate surface area is 145 Å². The molecule has 1 amide bonds. The lowest BCUT2D eigenvalue weighted by Gasteiger charge is -2.22. The summed E-state index contributed by atoms with van der Waals surface area (Å²) in [5.74, 6) is 0.761. The number of thiazole rings is 1. The van der Waals surface area contributed by atoms with Crippen LogP contribution in [0.15, 0.2) is 60.8 Å². The number of aryl methyl sites for hydroxylation is 1. The van der Waals surface area contributed by atoms with Gasteiger partial charge in [-0.1, -0.05) is 30.3 Å². The molecule has 1 heterocycles. The number of rotatable bonds is 5. The second-order valence-corrected chi connectivity index (χ2v) is 6.55. The third kappa shape index (κ3) is 3.63. The lowest BCUT2D eigenvalue weighted by atomic mass is 10.2. The van der Waals surface area contributed by atoms with Crippen molar-refractivity contribution < 1.29 is 9.53 Å². The number of aromatic nitrogens is 1. The van der Waals surface area contributed by atoms with E-state index in [1.165, 1.54) is 11.3 Å². The van der Waals surface area contributed by atoms with E-state index in [1.807, 2.05) is 61.5 Å². The first-order chi connectivity index (χ1) is 11.7. The van der Waals surface area contributed by atoms with Gasteiger partial charge in [0.2, 0.25) is 0 Å². The van der Waals surface area contributed by atoms with Crippen molar-refractivity contribution in [3.05, 3.63) is 76.2 Å². The van der Waals surface area contributed by atoms with E-state index in [1.54, 1.807) is 18.2 Å². The van der Waals surface area contributed by atoms with E-state index < -0.39 is 0 Å². The standard InChI is InChI=1S/C19H18N2O2S/c1-14-20-12-18(24-14)19(22)21(16-6-4-3-5-7-16)13-15-8-10-17(23-2)11-9-15/h3-12H,13H2,1-2H3. The third-order valence-corrected chi connectivity index (χ3v) is 4.55. The Hall–Kier alpha value is -2.66. The normalized spacial score (nSPS) is 10.4. The molecule has 0 fully saturated rings. The molecule has 2 aromatic carbocycles. The fourth-order valence-electron chi connectivity index (χ4n) is 2.40. The van der Waals surface area contributed by atoms with Crippen molar-refractivity contribution in [1.82, 2.24) is 4.98 Å². The van der Waals surface area contributed by atoms with Gasteiger partial charge in [0.1, 0.15) is 10.6 Å². The first-order valence-corrected chi connectivity index (χ1v) is 8.41. The molecule has 24 heavy (non-hydrogen) atoms. The summed E-state index contributed by atoms with van der Waals surface area (Å²) in [4.78, 5) is 19.6. The van der Waals surface area contributed by atoms with Crippen LogP contribution in [0.4, 0.5) is 5.69 Å². The Morgan fingerprint density at radius 3 is 2.42 bits per heavy atom. The molecule has 0 aliphatic rings. The third-order valence-electron chi connectivity index (χ3n) is 3.64. The topological polar surface area (TPSA) is 42.4 Å². The number of hydrogen-bond donors (Lipinski definition) is 0. The zero-order chi connectivity index (χ0) is 16.9. The number of ether oxygens (including phenoxy) is 1. The van der Waals surface area contributed by atoms with Crippen LogP contribution < -0.4 is 9.64 Å². The van der Waals surface area contributed by atoms with E-state index in [-0.39, 0.29) is 5.91 Å². The number of anilines is 1. The molecule has 0 aliphatic heterocycles. The zero-order valence-corrected chi connectivity index (χ0v) is 14.4. The summed E-state index contributed by atoms with van der Waals surface area (Å²) in [5.41, 5.74) is 1.90. The van der Waals surface area contributed by atoms with Crippen LogP contribution >= 0.6 is 11.3 Å². The molecule has 1 aromatic heterocycles. The van der Waals surface area contributed by atoms with Crippen LogP contribution in [0.1, 0.15) is 20.2 Å². The van der Waals surface area contributed by atoms with Crippen molar-refractivity contribution in [3.63, 3.8) is 0 Å². The second-order valence-electron chi connectivity index (χ2n) is 5.32. The Bertz CT molecular complexity index is 813. The number of para-hydroxylation sites is 1. The maximum absolute atomic E-state index is 13.0. The molecule has 0 unspecified atom stereocenters. The van der Waals surface area contributed by atoms with Crippen LogP contribution in [0.5, 0.6) is 5.75 Å². The predicted octanol–water partition coefficient (Wildman–Crippen LogP) is 4.31. The van der Waals surface area contributed by atoms with Crippen molar-refractivity contribution in [1.29, 1.82) is 0 Å². The van der Waals surface area contributed by atoms with E-state index in [9.17, 15) is 4.79 Å². The summed E-state index contributed by atoms with van der Waals surface area (Å²) < 4.78 is 5.19. The van der Waals surface area contributed by atoms with E-state index >= 15 is 0 Å². The number of hydrogen-bond acceptors (Lipinski definition) is 4. The van der Waals surface area contributed by atoms with Crippen LogP contribution in [0.25, 0.3) is 0 Å². The van der Waals surface area contributed by atoms with E-state index in [0.29, 0.717) is 11.4 Å². The maximum atomic E-state index is 13.0. The number of nitrogens with zero attached hydrogens (tertiary/aromatic N) is 2. The average molecular weight is 338 g/mol. The minimum absolute atomic E-state index is 0.0392. The van der Waals surface area contributed by atoms with Gasteiger partial charge in [-0.05, 0) is 36.8 Å². The first-order valence-electron chi connectivity index (χ1n) is 7.59. The summed E-state index contributed by atoms with van der Waals surface area (Å²) in [6, 6.07) is 17.4. The number of benzene rings is 2. The van der Waals surface area contributed by atoms with Gasteiger partial charge in [-0.15, -0.1) is 11.3 Å². The van der Waals surface area contributed by atoms with Crippen LogP contribution in [-0.2, 0) is 6.54 Å². The van der Waals surface area contributed by atoms with Gasteiger partial charge in [0, 0.05) is 5.69 Å². The Morgan fingerprint density at radius 1 is 1.12 bits per heavy atom. The Kier molecular flexibility index (Phi) is 4.91. The second kappa shape index (κ2) is 7.27. The summed E-state index contributed by atoms with van der Waals surface area (Å²) >= 11 is 1.41. The number of amides is 1. The summed E-state index contributed by atoms with van der Waals surface area (Å²) in [6.45, 7) is 2.39. The van der Waals surface area contributed by atoms with Crippen molar-refractivity contribution in [2.45, 2.75) is 13.5 Å². The zero-order valence-electron chi connectivity index (χ0n) is 13.6. The molecule has 0 aliphatic carbocycles. The molecule has 0 saturated heterocycles. The highest BCUT2D eigenvalue weighted by atomic mass is 32.1. The molecule has 3 rings (SSSR count). The van der Waals surface area contributed by atoms with Gasteiger partial charge in [0.25, 0.3) is 5.91 Å². The summed E-state index contributed by atoms with van der Waals surface area (Å²) in [6.07, 6.45) is 1.65. The van der Waals surface area contributed by atoms with Crippen LogP contribution in [0.3, 0.4) is 0 Å². The molecule has 0 atom stereocenters. The van der Waals surface area contributed by atoms with Gasteiger partial charge in [-0.3, -0.25) is 4.79 Å². The SMILES string of the molecule is COc1ccc(CN(C(=O)c2cnc(C)s2)c2ccccc2)cc1. The predicted molar refractivity (Wildman–Crippen MR) is 96.8 cm³/mol. The largest absolute Gasteiger partial charge is 0.497 e. The number of carbonyl (C=O) groups is 1. The molecule has 4 nitrogen and oxygen atoms in total. The Balaban J connectivity index is 1.91. The fraction of sp³-hybridized carbons (Fsp3) is 0.158. The van der Waals surface area contributed by atoms with Crippen molar-refractivity contribution in [3.8, 4) is 5.75 Å². The Morgan fingerprint density at radius 2 is 1.83 bits per heavy atom. The maximum Gasteiger partial charge on any atom is 0.270 e. The van der Waals surface area contributed by atoms with Gasteiger partial charge in [0.15, 0.2) is 0 Å². The van der Waals surface area contributed by atoms with Crippen molar-refractivity contribution >= 4 is 22.9 Å². The molecule has 0 spiro atoms. The quantitative estimate of drug-likeness (QED) is 0.696. The monoisotopic (exact) mass is 338 g/mol. The molecular formula is C19H18N2O2S. The van der Waals surface area contributed by atoms with E-state index in [4.69, 9.17) is 4.74 Å². The molecule has 0 radical (unpaired) electrons. The molecule has 0 saturated carbocycles. The average Bonchev–Trinajstić information content (AvgIpc) is 3.07. The molecular weight excluding hydrogens is 320 g/mol. The molecule has 3 aromatic rings. The molecule has 0 bridgehead atoms. The highest BCUT2D eigenvalue weighted by Crippen LogP contribution is 2.23. The van der Waals surface area contributed by atoms with Gasteiger partial charge in [0.05, 0.1) is 24.9 Å². The van der Waals surface area contributed by atoms with Gasteiger partial charge in [-0.2, -0.15) is 0 Å². The number of methoxy groups -OCH3 is 1. The van der Waals surface area contributed by atoms with Gasteiger partial charge in [-0.25, -0.2) is 4.98 Å². The minimum Gasteiger partial charge on any atom is -0.497 e. The summed E-state index contributed by atoms with van der Waals surface area (Å²) in [5, 5.41) is 0.885. The van der Waals surface area contributed by atoms with Crippen LogP contribution in [0.2, 0.25) is 0 Å². The van der Waals surface area contributed by atoms with Crippen LogP contribution in [-0.4, -0.2) is 18.0 Å². The van der Waals surface area contributed by atoms with Gasteiger partial charge >= 0.3 is 0 Å². The summed E-state index contributed by atoms with van der Waals surface area (Å²) in [7, 11) is 1.64. The number of carbonyl (C=O) groups excluding carboxylic acids is 1. The van der Waals surface area contributed by atoms with Crippen LogP contribution in [0, 0.1) is 6.92 Å². The first kappa shape index (κ1) is 16.2. The smallest absolute Gasteiger partial charge is 0.270 e. The van der Waals surface area contributed by atoms with E-state index in [0.717, 1.165) is 22.0 Å². The minimum atomic E-state index is -0.0392. The van der Waals surface area contributed by atoms with Crippen molar-refractivity contribution in [2.24, 2.45) is 0 Å². The molecule has 5 heteroatoms.